The molecule has 0 bridgehead atoms. The third kappa shape index (κ3) is 4.20. The number of nitrogens with zero attached hydrogens (tertiary/aromatic N) is 2. The summed E-state index contributed by atoms with van der Waals surface area (Å²) in [6.07, 6.45) is 0. The minimum absolute atomic E-state index is 0.00698. The number of ether oxygens (including phenoxy) is 1. The first-order valence-corrected chi connectivity index (χ1v) is 11.3. The van der Waals surface area contributed by atoms with Gasteiger partial charge in [0.1, 0.15) is 11.6 Å². The predicted molar refractivity (Wildman–Crippen MR) is 110 cm³/mol. The summed E-state index contributed by atoms with van der Waals surface area (Å²) in [5, 5.41) is 0.783. The molecule has 3 aromatic rings. The van der Waals surface area contributed by atoms with E-state index in [1.165, 1.54) is 33.8 Å². The van der Waals surface area contributed by atoms with Crippen molar-refractivity contribution >= 4 is 49.1 Å². The molecule has 1 heterocycles. The molecule has 0 saturated heterocycles. The Balaban J connectivity index is 1.81. The lowest BCUT2D eigenvalue weighted by atomic mass is 10.2. The van der Waals surface area contributed by atoms with E-state index in [4.69, 9.17) is 16.3 Å². The molecule has 0 atom stereocenters. The number of rotatable bonds is 7. The lowest BCUT2D eigenvalue weighted by molar-refractivity contribution is 0.0472. The molecule has 0 unspecified atom stereocenters. The molecule has 9 heteroatoms. The maximum atomic E-state index is 12.7. The molecule has 28 heavy (non-hydrogen) atoms. The van der Waals surface area contributed by atoms with Crippen LogP contribution in [-0.4, -0.2) is 36.8 Å². The van der Waals surface area contributed by atoms with Crippen LogP contribution in [0.1, 0.15) is 29.2 Å². The fourth-order valence-corrected chi connectivity index (χ4v) is 5.28. The number of halogens is 1. The first kappa shape index (κ1) is 20.7. The van der Waals surface area contributed by atoms with Crippen molar-refractivity contribution in [3.63, 3.8) is 0 Å². The molecule has 0 aliphatic carbocycles. The van der Waals surface area contributed by atoms with E-state index in [9.17, 15) is 13.2 Å². The molecule has 0 spiro atoms. The highest BCUT2D eigenvalue weighted by molar-refractivity contribution is 7.89. The molecular formula is C19H19ClN2O4S2. The number of para-hydroxylation sites is 1. The summed E-state index contributed by atoms with van der Waals surface area (Å²) in [6, 6.07) is 11.7. The molecule has 0 aliphatic rings. The summed E-state index contributed by atoms with van der Waals surface area (Å²) < 4.78 is 33.0. The van der Waals surface area contributed by atoms with Crippen molar-refractivity contribution in [1.29, 1.82) is 0 Å². The fourth-order valence-electron chi connectivity index (χ4n) is 2.72. The van der Waals surface area contributed by atoms with Crippen LogP contribution < -0.4 is 0 Å². The number of carbonyl (C=O) groups excluding carboxylic acids is 1. The topological polar surface area (TPSA) is 76.6 Å². The van der Waals surface area contributed by atoms with Crippen LogP contribution in [0.15, 0.2) is 47.4 Å². The Morgan fingerprint density at radius 2 is 1.89 bits per heavy atom. The van der Waals surface area contributed by atoms with Gasteiger partial charge in [0, 0.05) is 13.1 Å². The lowest BCUT2D eigenvalue weighted by Crippen LogP contribution is -2.30. The SMILES string of the molecule is CCN(CC)S(=O)(=O)c1ccc(Cl)c(C(=O)OCc2nc3ccccc3s2)c1. The van der Waals surface area contributed by atoms with E-state index in [-0.39, 0.29) is 22.1 Å². The number of benzene rings is 2. The van der Waals surface area contributed by atoms with Crippen molar-refractivity contribution in [3.05, 3.63) is 58.1 Å². The van der Waals surface area contributed by atoms with Gasteiger partial charge in [0.05, 0.1) is 25.7 Å². The number of hydrogen-bond donors (Lipinski definition) is 0. The summed E-state index contributed by atoms with van der Waals surface area (Å²) in [5.74, 6) is -0.694. The van der Waals surface area contributed by atoms with Gasteiger partial charge in [-0.15, -0.1) is 11.3 Å². The molecule has 148 valence electrons. The zero-order valence-electron chi connectivity index (χ0n) is 15.4. The average molecular weight is 439 g/mol. The van der Waals surface area contributed by atoms with E-state index in [0.29, 0.717) is 18.1 Å². The first-order valence-electron chi connectivity index (χ1n) is 8.68. The summed E-state index contributed by atoms with van der Waals surface area (Å²) in [5.41, 5.74) is 0.847. The first-order chi connectivity index (χ1) is 13.4. The molecule has 2 aromatic carbocycles. The van der Waals surface area contributed by atoms with E-state index < -0.39 is 16.0 Å². The quantitative estimate of drug-likeness (QED) is 0.513. The molecule has 0 N–H and O–H groups in total. The predicted octanol–water partition coefficient (Wildman–Crippen LogP) is 4.34. The van der Waals surface area contributed by atoms with Crippen LogP contribution in [0.2, 0.25) is 5.02 Å². The van der Waals surface area contributed by atoms with Crippen LogP contribution >= 0.6 is 22.9 Å². The number of aromatic nitrogens is 1. The maximum absolute atomic E-state index is 12.7. The fraction of sp³-hybridized carbons (Fsp3) is 0.263. The Hall–Kier alpha value is -2.00. The van der Waals surface area contributed by atoms with Crippen LogP contribution in [0.4, 0.5) is 0 Å². The molecule has 3 rings (SSSR count). The molecule has 0 aliphatic heterocycles. The normalized spacial score (nSPS) is 11.9. The summed E-state index contributed by atoms with van der Waals surface area (Å²) in [4.78, 5) is 16.9. The highest BCUT2D eigenvalue weighted by Gasteiger charge is 2.24. The van der Waals surface area contributed by atoms with E-state index in [2.05, 4.69) is 4.98 Å². The maximum Gasteiger partial charge on any atom is 0.340 e. The average Bonchev–Trinajstić information content (AvgIpc) is 3.10. The highest BCUT2D eigenvalue weighted by atomic mass is 35.5. The Kier molecular flexibility index (Phi) is 6.34. The molecule has 0 saturated carbocycles. The Morgan fingerprint density at radius 3 is 2.57 bits per heavy atom. The highest BCUT2D eigenvalue weighted by Crippen LogP contribution is 2.25. The second-order valence-electron chi connectivity index (χ2n) is 5.88. The lowest BCUT2D eigenvalue weighted by Gasteiger charge is -2.19. The van der Waals surface area contributed by atoms with Crippen LogP contribution in [0, 0.1) is 0 Å². The minimum atomic E-state index is -3.70. The summed E-state index contributed by atoms with van der Waals surface area (Å²) in [6.45, 7) is 4.16. The standard InChI is InChI=1S/C19H19ClN2O4S2/c1-3-22(4-2)28(24,25)13-9-10-15(20)14(11-13)19(23)26-12-18-21-16-7-5-6-8-17(16)27-18/h5-11H,3-4,12H2,1-2H3. The van der Waals surface area contributed by atoms with E-state index in [1.54, 1.807) is 13.8 Å². The third-order valence-corrected chi connectivity index (χ3v) is 7.55. The van der Waals surface area contributed by atoms with Gasteiger partial charge in [-0.2, -0.15) is 4.31 Å². The van der Waals surface area contributed by atoms with Gasteiger partial charge in [-0.3, -0.25) is 0 Å². The number of fused-ring (bicyclic) bond motifs is 1. The minimum Gasteiger partial charge on any atom is -0.455 e. The molecule has 0 amide bonds. The van der Waals surface area contributed by atoms with Gasteiger partial charge in [0.25, 0.3) is 0 Å². The van der Waals surface area contributed by atoms with Gasteiger partial charge in [0.15, 0.2) is 0 Å². The number of hydrogen-bond acceptors (Lipinski definition) is 6. The van der Waals surface area contributed by atoms with E-state index in [0.717, 1.165) is 10.2 Å². The zero-order valence-corrected chi connectivity index (χ0v) is 17.8. The van der Waals surface area contributed by atoms with Crippen LogP contribution in [-0.2, 0) is 21.4 Å². The van der Waals surface area contributed by atoms with E-state index in [1.807, 2.05) is 24.3 Å². The van der Waals surface area contributed by atoms with Crippen molar-refractivity contribution < 1.29 is 17.9 Å². The van der Waals surface area contributed by atoms with Crippen LogP contribution in [0.5, 0.6) is 0 Å². The Morgan fingerprint density at radius 1 is 1.18 bits per heavy atom. The second-order valence-corrected chi connectivity index (χ2v) is 9.34. The van der Waals surface area contributed by atoms with Gasteiger partial charge < -0.3 is 4.74 Å². The molecule has 0 radical (unpaired) electrons. The van der Waals surface area contributed by atoms with Crippen molar-refractivity contribution in [3.8, 4) is 0 Å². The van der Waals surface area contributed by atoms with E-state index >= 15 is 0 Å². The zero-order chi connectivity index (χ0) is 20.3. The third-order valence-electron chi connectivity index (χ3n) is 4.17. The monoisotopic (exact) mass is 438 g/mol. The summed E-state index contributed by atoms with van der Waals surface area (Å²) in [7, 11) is -3.70. The molecule has 1 aromatic heterocycles. The molecular weight excluding hydrogens is 420 g/mol. The van der Waals surface area contributed by atoms with Gasteiger partial charge >= 0.3 is 5.97 Å². The van der Waals surface area contributed by atoms with Crippen molar-refractivity contribution in [2.24, 2.45) is 0 Å². The Bertz CT molecular complexity index is 1080. The smallest absolute Gasteiger partial charge is 0.340 e. The van der Waals surface area contributed by atoms with Gasteiger partial charge in [-0.05, 0) is 30.3 Å². The van der Waals surface area contributed by atoms with Gasteiger partial charge in [-0.1, -0.05) is 37.6 Å². The van der Waals surface area contributed by atoms with Gasteiger partial charge in [-0.25, -0.2) is 18.2 Å². The van der Waals surface area contributed by atoms with Crippen LogP contribution in [0.25, 0.3) is 10.2 Å². The summed E-state index contributed by atoms with van der Waals surface area (Å²) >= 11 is 7.54. The number of sulfonamides is 1. The second kappa shape index (κ2) is 8.57. The van der Waals surface area contributed by atoms with Crippen molar-refractivity contribution in [1.82, 2.24) is 9.29 Å². The van der Waals surface area contributed by atoms with Crippen molar-refractivity contribution in [2.75, 3.05) is 13.1 Å². The largest absolute Gasteiger partial charge is 0.455 e. The van der Waals surface area contributed by atoms with Gasteiger partial charge in [0.2, 0.25) is 10.0 Å². The molecule has 6 nitrogen and oxygen atoms in total. The van der Waals surface area contributed by atoms with Crippen LogP contribution in [0.3, 0.4) is 0 Å². The van der Waals surface area contributed by atoms with Crippen molar-refractivity contribution in [2.45, 2.75) is 25.3 Å². The number of thiazole rings is 1. The number of esters is 1. The Labute approximate surface area is 172 Å². The molecule has 0 fully saturated rings. The number of carbonyl (C=O) groups is 1.